The molecule has 86 valence electrons. The summed E-state index contributed by atoms with van der Waals surface area (Å²) in [5.74, 6) is 0.571. The van der Waals surface area contributed by atoms with Crippen LogP contribution in [0.15, 0.2) is 42.5 Å². The number of halogens is 1. The van der Waals surface area contributed by atoms with Gasteiger partial charge in [0.1, 0.15) is 0 Å². The normalized spacial score (nSPS) is 11.4. The van der Waals surface area contributed by atoms with Gasteiger partial charge >= 0.3 is 0 Å². The van der Waals surface area contributed by atoms with Crippen molar-refractivity contribution >= 4 is 33.4 Å². The van der Waals surface area contributed by atoms with Crippen molar-refractivity contribution < 1.29 is 0 Å². The molecule has 1 aromatic heterocycles. The monoisotopic (exact) mass is 243 g/mol. The highest BCUT2D eigenvalue weighted by atomic mass is 35.5. The van der Waals surface area contributed by atoms with Crippen LogP contribution in [0.2, 0.25) is 0 Å². The fourth-order valence-electron chi connectivity index (χ4n) is 2.52. The van der Waals surface area contributed by atoms with Gasteiger partial charge in [0.05, 0.1) is 0 Å². The van der Waals surface area contributed by atoms with Gasteiger partial charge in [0.15, 0.2) is 0 Å². The van der Waals surface area contributed by atoms with Gasteiger partial charge in [-0.15, -0.1) is 11.6 Å². The van der Waals surface area contributed by atoms with Gasteiger partial charge in [0.2, 0.25) is 0 Å². The van der Waals surface area contributed by atoms with Crippen LogP contribution in [-0.2, 0) is 12.4 Å². The average molecular weight is 244 g/mol. The molecule has 0 aliphatic rings. The molecule has 3 aromatic rings. The second-order valence-corrected chi connectivity index (χ2v) is 4.51. The summed E-state index contributed by atoms with van der Waals surface area (Å²) in [5, 5.41) is 2.62. The summed E-state index contributed by atoms with van der Waals surface area (Å²) >= 11 is 5.91. The Balaban J connectivity index is 2.49. The summed E-state index contributed by atoms with van der Waals surface area (Å²) in [6.07, 6.45) is 0. The van der Waals surface area contributed by atoms with Gasteiger partial charge in [-0.1, -0.05) is 24.3 Å². The molecule has 0 aliphatic heterocycles. The molecule has 0 N–H and O–H groups in total. The zero-order valence-electron chi connectivity index (χ0n) is 9.78. The van der Waals surface area contributed by atoms with Crippen molar-refractivity contribution in [3.63, 3.8) is 0 Å². The molecule has 3 rings (SSSR count). The molecule has 0 fully saturated rings. The van der Waals surface area contributed by atoms with Crippen molar-refractivity contribution in [3.05, 3.63) is 48.0 Å². The number of fused-ring (bicyclic) bond motifs is 3. The van der Waals surface area contributed by atoms with Crippen LogP contribution in [0.5, 0.6) is 0 Å². The lowest BCUT2D eigenvalue weighted by Crippen LogP contribution is -1.92. The van der Waals surface area contributed by atoms with Crippen molar-refractivity contribution in [1.29, 1.82) is 0 Å². The summed E-state index contributed by atoms with van der Waals surface area (Å²) in [6, 6.07) is 15.0. The van der Waals surface area contributed by atoms with Crippen LogP contribution < -0.4 is 0 Å². The molecule has 17 heavy (non-hydrogen) atoms. The third-order valence-corrected chi connectivity index (χ3v) is 3.62. The van der Waals surface area contributed by atoms with Crippen LogP contribution in [0.4, 0.5) is 0 Å². The zero-order valence-corrected chi connectivity index (χ0v) is 10.5. The van der Waals surface area contributed by atoms with Crippen molar-refractivity contribution in [3.8, 4) is 0 Å². The highest BCUT2D eigenvalue weighted by Gasteiger charge is 2.08. The minimum absolute atomic E-state index is 0.571. The first-order chi connectivity index (χ1) is 8.35. The van der Waals surface area contributed by atoms with E-state index < -0.39 is 0 Å². The Morgan fingerprint density at radius 2 is 1.76 bits per heavy atom. The van der Waals surface area contributed by atoms with Gasteiger partial charge in [-0.05, 0) is 30.7 Å². The molecule has 0 spiro atoms. The zero-order chi connectivity index (χ0) is 11.8. The predicted molar refractivity (Wildman–Crippen MR) is 74.7 cm³/mol. The topological polar surface area (TPSA) is 4.93 Å². The third kappa shape index (κ3) is 1.54. The number of para-hydroxylation sites is 1. The number of hydrogen-bond acceptors (Lipinski definition) is 0. The Kier molecular flexibility index (Phi) is 2.56. The van der Waals surface area contributed by atoms with E-state index in [2.05, 4.69) is 54.0 Å². The van der Waals surface area contributed by atoms with Crippen molar-refractivity contribution in [2.24, 2.45) is 0 Å². The fourth-order valence-corrected chi connectivity index (χ4v) is 2.69. The van der Waals surface area contributed by atoms with E-state index in [1.54, 1.807) is 0 Å². The van der Waals surface area contributed by atoms with Crippen molar-refractivity contribution in [2.75, 3.05) is 0 Å². The lowest BCUT2D eigenvalue weighted by molar-refractivity contribution is 0.827. The quantitative estimate of drug-likeness (QED) is 0.582. The summed E-state index contributed by atoms with van der Waals surface area (Å²) in [6.45, 7) is 3.17. The summed E-state index contributed by atoms with van der Waals surface area (Å²) in [4.78, 5) is 0. The second-order valence-electron chi connectivity index (χ2n) is 4.25. The van der Waals surface area contributed by atoms with Crippen molar-refractivity contribution in [1.82, 2.24) is 4.57 Å². The maximum atomic E-state index is 5.91. The van der Waals surface area contributed by atoms with Gasteiger partial charge in [0.25, 0.3) is 0 Å². The Bertz CT molecular complexity index is 682. The van der Waals surface area contributed by atoms with E-state index >= 15 is 0 Å². The Morgan fingerprint density at radius 1 is 1.00 bits per heavy atom. The van der Waals surface area contributed by atoms with Crippen LogP contribution in [0.25, 0.3) is 21.8 Å². The minimum Gasteiger partial charge on any atom is -0.341 e. The number of hydrogen-bond donors (Lipinski definition) is 0. The first kappa shape index (κ1) is 10.7. The van der Waals surface area contributed by atoms with Crippen LogP contribution in [0, 0.1) is 0 Å². The molecule has 0 aliphatic carbocycles. The Hall–Kier alpha value is -1.47. The van der Waals surface area contributed by atoms with E-state index in [0.717, 1.165) is 6.54 Å². The highest BCUT2D eigenvalue weighted by molar-refractivity contribution is 6.17. The predicted octanol–water partition coefficient (Wildman–Crippen LogP) is 4.55. The van der Waals surface area contributed by atoms with Crippen LogP contribution in [0.3, 0.4) is 0 Å². The van der Waals surface area contributed by atoms with Gasteiger partial charge in [-0.3, -0.25) is 0 Å². The maximum Gasteiger partial charge on any atom is 0.0491 e. The van der Waals surface area contributed by atoms with E-state index in [1.807, 2.05) is 0 Å². The van der Waals surface area contributed by atoms with E-state index in [4.69, 9.17) is 11.6 Å². The number of rotatable bonds is 2. The number of aryl methyl sites for hydroxylation is 1. The van der Waals surface area contributed by atoms with Gasteiger partial charge in [0, 0.05) is 34.2 Å². The van der Waals surface area contributed by atoms with E-state index in [9.17, 15) is 0 Å². The molecule has 0 saturated carbocycles. The molecule has 0 unspecified atom stereocenters. The van der Waals surface area contributed by atoms with E-state index in [1.165, 1.54) is 27.4 Å². The van der Waals surface area contributed by atoms with E-state index in [0.29, 0.717) is 5.88 Å². The number of aromatic nitrogens is 1. The molecule has 1 heterocycles. The molecular formula is C15H14ClN. The molecule has 2 heteroatoms. The first-order valence-electron chi connectivity index (χ1n) is 5.91. The number of benzene rings is 2. The third-order valence-electron chi connectivity index (χ3n) is 3.31. The molecular weight excluding hydrogens is 230 g/mol. The SMILES string of the molecule is CCn1c2ccccc2c2cc(CCl)ccc21. The molecule has 0 radical (unpaired) electrons. The maximum absolute atomic E-state index is 5.91. The summed E-state index contributed by atoms with van der Waals surface area (Å²) in [5.41, 5.74) is 3.78. The molecule has 0 atom stereocenters. The minimum atomic E-state index is 0.571. The number of nitrogens with zero attached hydrogens (tertiary/aromatic N) is 1. The molecule has 1 nitrogen and oxygen atoms in total. The summed E-state index contributed by atoms with van der Waals surface area (Å²) < 4.78 is 2.35. The van der Waals surface area contributed by atoms with Gasteiger partial charge < -0.3 is 4.57 Å². The lowest BCUT2D eigenvalue weighted by Gasteiger charge is -2.02. The molecule has 2 aromatic carbocycles. The van der Waals surface area contributed by atoms with Gasteiger partial charge in [-0.2, -0.15) is 0 Å². The first-order valence-corrected chi connectivity index (χ1v) is 6.44. The van der Waals surface area contributed by atoms with Gasteiger partial charge in [-0.25, -0.2) is 0 Å². The summed E-state index contributed by atoms with van der Waals surface area (Å²) in [7, 11) is 0. The Labute approximate surface area is 106 Å². The molecule has 0 amide bonds. The fraction of sp³-hybridized carbons (Fsp3) is 0.200. The van der Waals surface area contributed by atoms with Crippen LogP contribution in [-0.4, -0.2) is 4.57 Å². The largest absolute Gasteiger partial charge is 0.341 e. The number of alkyl halides is 1. The highest BCUT2D eigenvalue weighted by Crippen LogP contribution is 2.29. The molecule has 0 bridgehead atoms. The average Bonchev–Trinajstić information content (AvgIpc) is 2.71. The van der Waals surface area contributed by atoms with Crippen LogP contribution >= 0.6 is 11.6 Å². The van der Waals surface area contributed by atoms with Crippen LogP contribution in [0.1, 0.15) is 12.5 Å². The second kappa shape index (κ2) is 4.08. The standard InChI is InChI=1S/C15H14ClN/c1-2-17-14-6-4-3-5-12(14)13-9-11(10-16)7-8-15(13)17/h3-9H,2,10H2,1H3. The van der Waals surface area contributed by atoms with Crippen molar-refractivity contribution in [2.45, 2.75) is 19.3 Å². The molecule has 0 saturated heterocycles. The smallest absolute Gasteiger partial charge is 0.0491 e. The lowest BCUT2D eigenvalue weighted by atomic mass is 10.1. The van der Waals surface area contributed by atoms with E-state index in [-0.39, 0.29) is 0 Å². The Morgan fingerprint density at radius 3 is 2.53 bits per heavy atom.